The molecule has 1 aromatic carbocycles. The van der Waals surface area contributed by atoms with Crippen LogP contribution in [0.4, 0.5) is 8.78 Å². The summed E-state index contributed by atoms with van der Waals surface area (Å²) in [5.41, 5.74) is 5.38. The summed E-state index contributed by atoms with van der Waals surface area (Å²) in [7, 11) is 0. The van der Waals surface area contributed by atoms with E-state index >= 15 is 0 Å². The van der Waals surface area contributed by atoms with Gasteiger partial charge in [-0.15, -0.1) is 0 Å². The summed E-state index contributed by atoms with van der Waals surface area (Å²) in [6.07, 6.45) is 0.387. The fourth-order valence-electron chi connectivity index (χ4n) is 1.05. The summed E-state index contributed by atoms with van der Waals surface area (Å²) in [5.74, 6) is -1.17. The Morgan fingerprint density at radius 1 is 1.43 bits per heavy atom. The molecule has 1 unspecified atom stereocenters. The van der Waals surface area contributed by atoms with Gasteiger partial charge in [-0.2, -0.15) is 0 Å². The monoisotopic (exact) mass is 201 g/mol. The zero-order valence-corrected chi connectivity index (χ0v) is 7.97. The minimum atomic E-state index is -0.571. The second-order valence-corrected chi connectivity index (χ2v) is 2.96. The van der Waals surface area contributed by atoms with Crippen molar-refractivity contribution in [1.29, 1.82) is 0 Å². The number of hydrogen-bond donors (Lipinski definition) is 1. The zero-order chi connectivity index (χ0) is 10.6. The Morgan fingerprint density at radius 3 is 2.71 bits per heavy atom. The van der Waals surface area contributed by atoms with Crippen molar-refractivity contribution in [3.63, 3.8) is 0 Å². The Bertz CT molecular complexity index is 300. The molecule has 1 atom stereocenters. The second-order valence-electron chi connectivity index (χ2n) is 2.96. The van der Waals surface area contributed by atoms with Gasteiger partial charge in [-0.05, 0) is 18.6 Å². The highest BCUT2D eigenvalue weighted by molar-refractivity contribution is 5.25. The van der Waals surface area contributed by atoms with Gasteiger partial charge in [0.1, 0.15) is 11.9 Å². The van der Waals surface area contributed by atoms with E-state index in [9.17, 15) is 8.78 Å². The maximum Gasteiger partial charge on any atom is 0.165 e. The molecule has 1 aromatic rings. The van der Waals surface area contributed by atoms with E-state index in [1.807, 2.05) is 6.92 Å². The lowest BCUT2D eigenvalue weighted by Crippen LogP contribution is -2.26. The molecule has 14 heavy (non-hydrogen) atoms. The molecule has 0 aliphatic heterocycles. The van der Waals surface area contributed by atoms with Gasteiger partial charge in [0.2, 0.25) is 0 Å². The molecule has 0 spiro atoms. The van der Waals surface area contributed by atoms with Crippen LogP contribution in [0.2, 0.25) is 0 Å². The Labute approximate surface area is 81.7 Å². The second kappa shape index (κ2) is 4.91. The molecule has 0 aromatic heterocycles. The molecule has 78 valence electrons. The number of nitrogens with two attached hydrogens (primary N) is 1. The number of benzene rings is 1. The first kappa shape index (κ1) is 10.9. The number of ether oxygens (including phenoxy) is 1. The van der Waals surface area contributed by atoms with Crippen molar-refractivity contribution in [3.8, 4) is 5.75 Å². The SMILES string of the molecule is CCC(CN)Oc1cc(F)ccc1F. The molecule has 0 saturated heterocycles. The van der Waals surface area contributed by atoms with E-state index in [0.717, 1.165) is 18.2 Å². The number of halogens is 2. The summed E-state index contributed by atoms with van der Waals surface area (Å²) >= 11 is 0. The Balaban J connectivity index is 2.79. The lowest BCUT2D eigenvalue weighted by molar-refractivity contribution is 0.195. The van der Waals surface area contributed by atoms with Crippen LogP contribution in [0.1, 0.15) is 13.3 Å². The van der Waals surface area contributed by atoms with Gasteiger partial charge < -0.3 is 10.5 Å². The van der Waals surface area contributed by atoms with Crippen LogP contribution in [0.15, 0.2) is 18.2 Å². The van der Waals surface area contributed by atoms with Crippen molar-refractivity contribution < 1.29 is 13.5 Å². The number of hydrogen-bond acceptors (Lipinski definition) is 2. The van der Waals surface area contributed by atoms with Crippen LogP contribution in [0, 0.1) is 11.6 Å². The van der Waals surface area contributed by atoms with Crippen LogP contribution in [-0.4, -0.2) is 12.6 Å². The van der Waals surface area contributed by atoms with Gasteiger partial charge >= 0.3 is 0 Å². The highest BCUT2D eigenvalue weighted by atomic mass is 19.1. The van der Waals surface area contributed by atoms with Crippen LogP contribution in [0.5, 0.6) is 5.75 Å². The minimum Gasteiger partial charge on any atom is -0.486 e. The van der Waals surface area contributed by atoms with Crippen molar-refractivity contribution in [2.45, 2.75) is 19.4 Å². The predicted octanol–water partition coefficient (Wildman–Crippen LogP) is 2.08. The lowest BCUT2D eigenvalue weighted by atomic mass is 10.2. The summed E-state index contributed by atoms with van der Waals surface area (Å²) in [4.78, 5) is 0. The van der Waals surface area contributed by atoms with E-state index < -0.39 is 11.6 Å². The molecule has 0 amide bonds. The largest absolute Gasteiger partial charge is 0.486 e. The molecule has 0 aliphatic carbocycles. The van der Waals surface area contributed by atoms with Crippen molar-refractivity contribution in [1.82, 2.24) is 0 Å². The maximum atomic E-state index is 13.1. The van der Waals surface area contributed by atoms with E-state index in [0.29, 0.717) is 6.42 Å². The third kappa shape index (κ3) is 2.67. The van der Waals surface area contributed by atoms with Crippen LogP contribution < -0.4 is 10.5 Å². The van der Waals surface area contributed by atoms with Gasteiger partial charge in [0.05, 0.1) is 0 Å². The quantitative estimate of drug-likeness (QED) is 0.809. The highest BCUT2D eigenvalue weighted by Crippen LogP contribution is 2.19. The van der Waals surface area contributed by atoms with Crippen LogP contribution >= 0.6 is 0 Å². The number of rotatable bonds is 4. The van der Waals surface area contributed by atoms with E-state index in [1.54, 1.807) is 0 Å². The Morgan fingerprint density at radius 2 is 2.14 bits per heavy atom. The Kier molecular flexibility index (Phi) is 3.83. The molecule has 0 bridgehead atoms. The molecular weight excluding hydrogens is 188 g/mol. The summed E-state index contributed by atoms with van der Waals surface area (Å²) in [5, 5.41) is 0. The predicted molar refractivity (Wildman–Crippen MR) is 50.1 cm³/mol. The molecule has 0 saturated carbocycles. The minimum absolute atomic E-state index is 0.0812. The molecule has 2 nitrogen and oxygen atoms in total. The molecule has 4 heteroatoms. The van der Waals surface area contributed by atoms with Gasteiger partial charge in [0.25, 0.3) is 0 Å². The van der Waals surface area contributed by atoms with E-state index in [2.05, 4.69) is 0 Å². The van der Waals surface area contributed by atoms with Gasteiger partial charge in [-0.1, -0.05) is 6.92 Å². The maximum absolute atomic E-state index is 13.1. The summed E-state index contributed by atoms with van der Waals surface area (Å²) in [6.45, 7) is 2.15. The van der Waals surface area contributed by atoms with Crippen molar-refractivity contribution in [2.75, 3.05) is 6.54 Å². The van der Waals surface area contributed by atoms with Crippen molar-refractivity contribution >= 4 is 0 Å². The molecule has 0 aliphatic rings. The first-order chi connectivity index (χ1) is 6.67. The first-order valence-electron chi connectivity index (χ1n) is 4.49. The first-order valence-corrected chi connectivity index (χ1v) is 4.49. The van der Waals surface area contributed by atoms with E-state index in [-0.39, 0.29) is 18.4 Å². The van der Waals surface area contributed by atoms with Crippen molar-refractivity contribution in [3.05, 3.63) is 29.8 Å². The molecule has 0 fully saturated rings. The zero-order valence-electron chi connectivity index (χ0n) is 7.97. The smallest absolute Gasteiger partial charge is 0.165 e. The van der Waals surface area contributed by atoms with Gasteiger partial charge in [-0.3, -0.25) is 0 Å². The normalized spacial score (nSPS) is 12.6. The third-order valence-electron chi connectivity index (χ3n) is 1.91. The van der Waals surface area contributed by atoms with E-state index in [1.165, 1.54) is 0 Å². The molecule has 0 radical (unpaired) electrons. The van der Waals surface area contributed by atoms with E-state index in [4.69, 9.17) is 10.5 Å². The average molecular weight is 201 g/mol. The van der Waals surface area contributed by atoms with Crippen molar-refractivity contribution in [2.24, 2.45) is 5.73 Å². The van der Waals surface area contributed by atoms with Crippen LogP contribution in [0.25, 0.3) is 0 Å². The average Bonchev–Trinajstić information content (AvgIpc) is 2.19. The molecule has 2 N–H and O–H groups in total. The fourth-order valence-corrected chi connectivity index (χ4v) is 1.05. The topological polar surface area (TPSA) is 35.2 Å². The van der Waals surface area contributed by atoms with Crippen LogP contribution in [0.3, 0.4) is 0 Å². The van der Waals surface area contributed by atoms with Crippen LogP contribution in [-0.2, 0) is 0 Å². The highest BCUT2D eigenvalue weighted by Gasteiger charge is 2.10. The van der Waals surface area contributed by atoms with Gasteiger partial charge in [0, 0.05) is 12.6 Å². The summed E-state index contributed by atoms with van der Waals surface area (Å²) in [6, 6.07) is 3.10. The molecule has 1 rings (SSSR count). The standard InChI is InChI=1S/C10H13F2NO/c1-2-8(6-13)14-10-5-7(11)3-4-9(10)12/h3-5,8H,2,6,13H2,1H3. The fraction of sp³-hybridized carbons (Fsp3) is 0.400. The molecular formula is C10H13F2NO. The molecule has 0 heterocycles. The third-order valence-corrected chi connectivity index (χ3v) is 1.91. The van der Waals surface area contributed by atoms with Gasteiger partial charge in [0.15, 0.2) is 11.6 Å². The van der Waals surface area contributed by atoms with Gasteiger partial charge in [-0.25, -0.2) is 8.78 Å². The summed E-state index contributed by atoms with van der Waals surface area (Å²) < 4.78 is 31.0. The Hall–Kier alpha value is -1.16. The lowest BCUT2D eigenvalue weighted by Gasteiger charge is -2.15.